The third-order valence-corrected chi connectivity index (χ3v) is 2.49. The van der Waals surface area contributed by atoms with Crippen LogP contribution in [0.25, 0.3) is 11.3 Å². The molecule has 1 aromatic carbocycles. The van der Waals surface area contributed by atoms with Gasteiger partial charge >= 0.3 is 0 Å². The molecule has 1 aromatic heterocycles. The lowest BCUT2D eigenvalue weighted by atomic mass is 10.1. The van der Waals surface area contributed by atoms with Gasteiger partial charge in [0.2, 0.25) is 0 Å². The van der Waals surface area contributed by atoms with E-state index in [0.29, 0.717) is 5.15 Å². The van der Waals surface area contributed by atoms with Crippen LogP contribution in [0.3, 0.4) is 0 Å². The third kappa shape index (κ3) is 2.34. The lowest BCUT2D eigenvalue weighted by Gasteiger charge is -2.01. The van der Waals surface area contributed by atoms with Crippen molar-refractivity contribution in [3.63, 3.8) is 0 Å². The summed E-state index contributed by atoms with van der Waals surface area (Å²) >= 11 is 5.67. The molecule has 2 nitrogen and oxygen atoms in total. The number of rotatable bonds is 2. The second-order valence-electron chi connectivity index (χ2n) is 3.29. The summed E-state index contributed by atoms with van der Waals surface area (Å²) in [4.78, 5) is 0. The third-order valence-electron chi connectivity index (χ3n) is 2.29. The molecule has 0 amide bonds. The van der Waals surface area contributed by atoms with Gasteiger partial charge in [-0.05, 0) is 24.1 Å². The Labute approximate surface area is 93.9 Å². The van der Waals surface area contributed by atoms with Gasteiger partial charge in [-0.25, -0.2) is 0 Å². The van der Waals surface area contributed by atoms with Gasteiger partial charge in [-0.15, -0.1) is 10.2 Å². The smallest absolute Gasteiger partial charge is 0.149 e. The normalized spacial score (nSPS) is 10.3. The highest BCUT2D eigenvalue weighted by molar-refractivity contribution is 6.29. The topological polar surface area (TPSA) is 25.8 Å². The first-order chi connectivity index (χ1) is 7.29. The van der Waals surface area contributed by atoms with Crippen molar-refractivity contribution in [1.82, 2.24) is 10.2 Å². The molecule has 0 bridgehead atoms. The Morgan fingerprint density at radius 3 is 2.27 bits per heavy atom. The molecule has 0 unspecified atom stereocenters. The Morgan fingerprint density at radius 1 is 1.00 bits per heavy atom. The number of hydrogen-bond donors (Lipinski definition) is 0. The monoisotopic (exact) mass is 218 g/mol. The van der Waals surface area contributed by atoms with Crippen molar-refractivity contribution in [1.29, 1.82) is 0 Å². The zero-order valence-corrected chi connectivity index (χ0v) is 9.20. The maximum absolute atomic E-state index is 5.67. The van der Waals surface area contributed by atoms with Crippen molar-refractivity contribution in [3.8, 4) is 11.3 Å². The molecule has 2 rings (SSSR count). The van der Waals surface area contributed by atoms with E-state index in [-0.39, 0.29) is 0 Å². The van der Waals surface area contributed by atoms with Gasteiger partial charge in [-0.2, -0.15) is 0 Å². The zero-order valence-electron chi connectivity index (χ0n) is 8.44. The van der Waals surface area contributed by atoms with E-state index in [1.165, 1.54) is 5.56 Å². The summed E-state index contributed by atoms with van der Waals surface area (Å²) in [7, 11) is 0. The highest BCUT2D eigenvalue weighted by Gasteiger charge is 1.99. The van der Waals surface area contributed by atoms with E-state index < -0.39 is 0 Å². The van der Waals surface area contributed by atoms with Gasteiger partial charge in [0, 0.05) is 5.56 Å². The minimum absolute atomic E-state index is 0.420. The summed E-state index contributed by atoms with van der Waals surface area (Å²) in [6, 6.07) is 11.9. The summed E-state index contributed by atoms with van der Waals surface area (Å²) in [6.07, 6.45) is 1.05. The lowest BCUT2D eigenvalue weighted by molar-refractivity contribution is 1.04. The Kier molecular flexibility index (Phi) is 2.97. The summed E-state index contributed by atoms with van der Waals surface area (Å²) in [5.74, 6) is 0. The fraction of sp³-hybridized carbons (Fsp3) is 0.167. The Bertz CT molecular complexity index is 434. The van der Waals surface area contributed by atoms with Crippen molar-refractivity contribution in [2.75, 3.05) is 0 Å². The first-order valence-corrected chi connectivity index (χ1v) is 5.26. The molecule has 0 saturated carbocycles. The maximum atomic E-state index is 5.67. The molecule has 15 heavy (non-hydrogen) atoms. The SMILES string of the molecule is CCc1ccc(-c2ccc(Cl)nn2)cc1. The molecular formula is C12H11ClN2. The second-order valence-corrected chi connectivity index (χ2v) is 3.68. The van der Waals surface area contributed by atoms with E-state index >= 15 is 0 Å². The van der Waals surface area contributed by atoms with E-state index in [1.54, 1.807) is 6.07 Å². The van der Waals surface area contributed by atoms with Crippen LogP contribution in [0.15, 0.2) is 36.4 Å². The minimum Gasteiger partial charge on any atom is -0.149 e. The average Bonchev–Trinajstić information content (AvgIpc) is 2.30. The fourth-order valence-electron chi connectivity index (χ4n) is 1.38. The van der Waals surface area contributed by atoms with Gasteiger partial charge in [0.1, 0.15) is 0 Å². The predicted molar refractivity (Wildman–Crippen MR) is 61.9 cm³/mol. The number of hydrogen-bond acceptors (Lipinski definition) is 2. The molecule has 2 aromatic rings. The Hall–Kier alpha value is -1.41. The van der Waals surface area contributed by atoms with Crippen LogP contribution in [0.5, 0.6) is 0 Å². The van der Waals surface area contributed by atoms with Crippen molar-refractivity contribution in [2.24, 2.45) is 0 Å². The summed E-state index contributed by atoms with van der Waals surface area (Å²) in [5.41, 5.74) is 3.24. The van der Waals surface area contributed by atoms with Crippen LogP contribution >= 0.6 is 11.6 Å². The van der Waals surface area contributed by atoms with E-state index in [9.17, 15) is 0 Å². The summed E-state index contributed by atoms with van der Waals surface area (Å²) in [5, 5.41) is 8.26. The molecule has 0 N–H and O–H groups in total. The van der Waals surface area contributed by atoms with Gasteiger partial charge in [0.05, 0.1) is 5.69 Å². The van der Waals surface area contributed by atoms with E-state index in [4.69, 9.17) is 11.6 Å². The molecular weight excluding hydrogens is 208 g/mol. The van der Waals surface area contributed by atoms with Crippen LogP contribution in [0, 0.1) is 0 Å². The van der Waals surface area contributed by atoms with Crippen LogP contribution in [0.1, 0.15) is 12.5 Å². The zero-order chi connectivity index (χ0) is 10.7. The lowest BCUT2D eigenvalue weighted by Crippen LogP contribution is -1.87. The molecule has 0 radical (unpaired) electrons. The van der Waals surface area contributed by atoms with Crippen LogP contribution in [-0.2, 0) is 6.42 Å². The summed E-state index contributed by atoms with van der Waals surface area (Å²) in [6.45, 7) is 2.14. The quantitative estimate of drug-likeness (QED) is 0.773. The number of benzene rings is 1. The highest BCUT2D eigenvalue weighted by atomic mass is 35.5. The van der Waals surface area contributed by atoms with Crippen molar-refractivity contribution < 1.29 is 0 Å². The van der Waals surface area contributed by atoms with Crippen molar-refractivity contribution >= 4 is 11.6 Å². The van der Waals surface area contributed by atoms with E-state index in [0.717, 1.165) is 17.7 Å². The van der Waals surface area contributed by atoms with Crippen molar-refractivity contribution in [3.05, 3.63) is 47.1 Å². The molecule has 0 fully saturated rings. The molecule has 76 valence electrons. The van der Waals surface area contributed by atoms with Gasteiger partial charge in [0.25, 0.3) is 0 Å². The first kappa shape index (κ1) is 10.1. The molecule has 1 heterocycles. The molecule has 0 aliphatic carbocycles. The number of halogens is 1. The van der Waals surface area contributed by atoms with Crippen LogP contribution in [0.2, 0.25) is 5.15 Å². The van der Waals surface area contributed by atoms with Crippen LogP contribution in [-0.4, -0.2) is 10.2 Å². The largest absolute Gasteiger partial charge is 0.151 e. The molecule has 0 saturated heterocycles. The highest BCUT2D eigenvalue weighted by Crippen LogP contribution is 2.17. The van der Waals surface area contributed by atoms with Gasteiger partial charge in [-0.3, -0.25) is 0 Å². The molecule has 0 aliphatic rings. The Balaban J connectivity index is 2.33. The first-order valence-electron chi connectivity index (χ1n) is 4.88. The van der Waals surface area contributed by atoms with Crippen molar-refractivity contribution in [2.45, 2.75) is 13.3 Å². The number of aryl methyl sites for hydroxylation is 1. The minimum atomic E-state index is 0.420. The molecule has 0 spiro atoms. The van der Waals surface area contributed by atoms with Crippen LogP contribution in [0.4, 0.5) is 0 Å². The molecule has 0 atom stereocenters. The number of nitrogens with zero attached hydrogens (tertiary/aromatic N) is 2. The Morgan fingerprint density at radius 2 is 1.73 bits per heavy atom. The number of aromatic nitrogens is 2. The van der Waals surface area contributed by atoms with E-state index in [1.807, 2.05) is 6.07 Å². The molecule has 3 heteroatoms. The fourth-order valence-corrected chi connectivity index (χ4v) is 1.48. The second kappa shape index (κ2) is 4.41. The van der Waals surface area contributed by atoms with E-state index in [2.05, 4.69) is 41.4 Å². The van der Waals surface area contributed by atoms with Gasteiger partial charge in [0.15, 0.2) is 5.15 Å². The van der Waals surface area contributed by atoms with Crippen LogP contribution < -0.4 is 0 Å². The van der Waals surface area contributed by atoms with Gasteiger partial charge < -0.3 is 0 Å². The summed E-state index contributed by atoms with van der Waals surface area (Å²) < 4.78 is 0. The maximum Gasteiger partial charge on any atom is 0.151 e. The molecule has 0 aliphatic heterocycles. The standard InChI is InChI=1S/C12H11ClN2/c1-2-9-3-5-10(6-4-9)11-7-8-12(13)15-14-11/h3-8H,2H2,1H3. The predicted octanol–water partition coefficient (Wildman–Crippen LogP) is 3.36. The van der Waals surface area contributed by atoms with Gasteiger partial charge in [-0.1, -0.05) is 42.8 Å². The average molecular weight is 219 g/mol.